The van der Waals surface area contributed by atoms with Crippen molar-refractivity contribution in [1.82, 2.24) is 15.0 Å². The van der Waals surface area contributed by atoms with E-state index in [1.54, 1.807) is 12.3 Å². The molecule has 112 valence electrons. The quantitative estimate of drug-likeness (QED) is 0.741. The molecule has 3 aromatic rings. The minimum Gasteiger partial charge on any atom is -0.462 e. The normalized spacial score (nSPS) is 10.6. The van der Waals surface area contributed by atoms with E-state index in [4.69, 9.17) is 10.2 Å². The van der Waals surface area contributed by atoms with Gasteiger partial charge in [0.25, 0.3) is 0 Å². The Hall–Kier alpha value is -2.41. The number of anilines is 2. The summed E-state index contributed by atoms with van der Waals surface area (Å²) in [5.74, 6) is 1.43. The number of aromatic nitrogens is 3. The van der Waals surface area contributed by atoms with Gasteiger partial charge >= 0.3 is 0 Å². The fourth-order valence-electron chi connectivity index (χ4n) is 1.91. The Bertz CT molecular complexity index is 785. The number of hydrogen-bond acceptors (Lipinski definition) is 6. The fourth-order valence-corrected chi connectivity index (χ4v) is 2.22. The van der Waals surface area contributed by atoms with Crippen LogP contribution in [0, 0.1) is 6.92 Å². The largest absolute Gasteiger partial charge is 0.462 e. The number of hydrogen-bond donors (Lipinski definition) is 2. The van der Waals surface area contributed by atoms with Crippen LogP contribution in [0.25, 0.3) is 11.5 Å². The maximum atomic E-state index is 5.76. The zero-order chi connectivity index (χ0) is 15.5. The third kappa shape index (κ3) is 3.43. The van der Waals surface area contributed by atoms with Gasteiger partial charge in [-0.05, 0) is 34.5 Å². The molecular weight excluding hydrogens is 346 g/mol. The van der Waals surface area contributed by atoms with Gasteiger partial charge in [-0.25, -0.2) is 4.98 Å². The van der Waals surface area contributed by atoms with Crippen molar-refractivity contribution in [3.8, 4) is 11.5 Å². The van der Waals surface area contributed by atoms with E-state index in [0.29, 0.717) is 23.8 Å². The molecule has 3 aromatic heterocycles. The molecular formula is C15H14BrN5O. The molecule has 0 fully saturated rings. The maximum absolute atomic E-state index is 5.76. The number of halogens is 1. The lowest BCUT2D eigenvalue weighted by Crippen LogP contribution is -2.06. The Morgan fingerprint density at radius 3 is 2.82 bits per heavy atom. The molecule has 0 spiro atoms. The lowest BCUT2D eigenvalue weighted by atomic mass is 10.2. The van der Waals surface area contributed by atoms with E-state index in [-0.39, 0.29) is 5.95 Å². The SMILES string of the molecule is Cc1ccc(CNc2cc(-c3cc(Br)co3)nc(N)n2)nc1. The molecule has 3 N–H and O–H groups in total. The van der Waals surface area contributed by atoms with E-state index >= 15 is 0 Å². The van der Waals surface area contributed by atoms with Crippen molar-refractivity contribution >= 4 is 27.7 Å². The summed E-state index contributed by atoms with van der Waals surface area (Å²) in [6.45, 7) is 2.56. The smallest absolute Gasteiger partial charge is 0.222 e. The Kier molecular flexibility index (Phi) is 4.06. The lowest BCUT2D eigenvalue weighted by Gasteiger charge is -2.07. The molecule has 7 heteroatoms. The summed E-state index contributed by atoms with van der Waals surface area (Å²) in [6, 6.07) is 7.60. The molecule has 6 nitrogen and oxygen atoms in total. The molecule has 0 atom stereocenters. The van der Waals surface area contributed by atoms with E-state index in [1.807, 2.05) is 31.3 Å². The molecule has 0 radical (unpaired) electrons. The third-order valence-electron chi connectivity index (χ3n) is 2.99. The molecule has 3 heterocycles. The number of rotatable bonds is 4. The zero-order valence-electron chi connectivity index (χ0n) is 11.9. The first-order chi connectivity index (χ1) is 10.6. The minimum atomic E-state index is 0.185. The second-order valence-electron chi connectivity index (χ2n) is 4.81. The van der Waals surface area contributed by atoms with Crippen LogP contribution in [0.1, 0.15) is 11.3 Å². The van der Waals surface area contributed by atoms with Gasteiger partial charge in [0.05, 0.1) is 16.7 Å². The summed E-state index contributed by atoms with van der Waals surface area (Å²) in [5, 5.41) is 3.19. The number of furan rings is 1. The third-order valence-corrected chi connectivity index (χ3v) is 3.40. The second kappa shape index (κ2) is 6.15. The standard InChI is InChI=1S/C15H14BrN5O/c1-9-2-3-11(18-6-9)7-19-14-5-12(20-15(17)21-14)13-4-10(16)8-22-13/h2-6,8H,7H2,1H3,(H3,17,19,20,21). The Morgan fingerprint density at radius 2 is 2.14 bits per heavy atom. The summed E-state index contributed by atoms with van der Waals surface area (Å²) in [6.07, 6.45) is 3.42. The summed E-state index contributed by atoms with van der Waals surface area (Å²) in [4.78, 5) is 12.7. The van der Waals surface area contributed by atoms with Gasteiger partial charge in [-0.1, -0.05) is 6.07 Å². The summed E-state index contributed by atoms with van der Waals surface area (Å²) in [7, 11) is 0. The van der Waals surface area contributed by atoms with Crippen LogP contribution in [0.3, 0.4) is 0 Å². The predicted octanol–water partition coefficient (Wildman–Crippen LogP) is 3.40. The minimum absolute atomic E-state index is 0.185. The van der Waals surface area contributed by atoms with Crippen LogP contribution in [0.2, 0.25) is 0 Å². The highest BCUT2D eigenvalue weighted by atomic mass is 79.9. The van der Waals surface area contributed by atoms with Gasteiger partial charge in [-0.15, -0.1) is 0 Å². The first-order valence-electron chi connectivity index (χ1n) is 6.64. The van der Waals surface area contributed by atoms with Gasteiger partial charge in [-0.3, -0.25) is 4.98 Å². The highest BCUT2D eigenvalue weighted by molar-refractivity contribution is 9.10. The van der Waals surface area contributed by atoms with Crippen molar-refractivity contribution in [2.24, 2.45) is 0 Å². The fraction of sp³-hybridized carbons (Fsp3) is 0.133. The van der Waals surface area contributed by atoms with Crippen molar-refractivity contribution in [2.45, 2.75) is 13.5 Å². The highest BCUT2D eigenvalue weighted by Crippen LogP contribution is 2.25. The Labute approximate surface area is 135 Å². The number of nitrogens with zero attached hydrogens (tertiary/aromatic N) is 3. The van der Waals surface area contributed by atoms with Crippen LogP contribution in [0.4, 0.5) is 11.8 Å². The monoisotopic (exact) mass is 359 g/mol. The highest BCUT2D eigenvalue weighted by Gasteiger charge is 2.09. The van der Waals surface area contributed by atoms with Gasteiger partial charge in [0.15, 0.2) is 5.76 Å². The van der Waals surface area contributed by atoms with Crippen molar-refractivity contribution < 1.29 is 4.42 Å². The number of pyridine rings is 1. The van der Waals surface area contributed by atoms with Crippen LogP contribution in [0.5, 0.6) is 0 Å². The lowest BCUT2D eigenvalue weighted by molar-refractivity contribution is 0.578. The number of nitrogen functional groups attached to an aromatic ring is 1. The van der Waals surface area contributed by atoms with E-state index in [1.165, 1.54) is 0 Å². The van der Waals surface area contributed by atoms with Gasteiger partial charge in [0, 0.05) is 18.3 Å². The molecule has 0 aromatic carbocycles. The summed E-state index contributed by atoms with van der Waals surface area (Å²) >= 11 is 3.34. The average Bonchev–Trinajstić information content (AvgIpc) is 2.93. The first kappa shape index (κ1) is 14.5. The number of nitrogens with one attached hydrogen (secondary N) is 1. The van der Waals surface area contributed by atoms with Gasteiger partial charge < -0.3 is 15.5 Å². The van der Waals surface area contributed by atoms with E-state index in [0.717, 1.165) is 15.7 Å². The topological polar surface area (TPSA) is 89.9 Å². The molecule has 0 saturated heterocycles. The van der Waals surface area contributed by atoms with Crippen LogP contribution >= 0.6 is 15.9 Å². The zero-order valence-corrected chi connectivity index (χ0v) is 13.5. The van der Waals surface area contributed by atoms with Gasteiger partial charge in [0.2, 0.25) is 5.95 Å². The van der Waals surface area contributed by atoms with Crippen LogP contribution in [0.15, 0.2) is 45.6 Å². The van der Waals surface area contributed by atoms with Gasteiger partial charge in [0.1, 0.15) is 17.8 Å². The maximum Gasteiger partial charge on any atom is 0.222 e. The Balaban J connectivity index is 1.79. The molecule has 0 bridgehead atoms. The summed E-state index contributed by atoms with van der Waals surface area (Å²) < 4.78 is 6.25. The molecule has 0 aliphatic rings. The first-order valence-corrected chi connectivity index (χ1v) is 7.44. The van der Waals surface area contributed by atoms with Crippen LogP contribution in [-0.4, -0.2) is 15.0 Å². The molecule has 0 amide bonds. The van der Waals surface area contributed by atoms with Crippen LogP contribution < -0.4 is 11.1 Å². The van der Waals surface area contributed by atoms with Crippen molar-refractivity contribution in [2.75, 3.05) is 11.1 Å². The van der Waals surface area contributed by atoms with Gasteiger partial charge in [-0.2, -0.15) is 4.98 Å². The average molecular weight is 360 g/mol. The molecule has 0 saturated carbocycles. The van der Waals surface area contributed by atoms with Crippen molar-refractivity contribution in [1.29, 1.82) is 0 Å². The molecule has 22 heavy (non-hydrogen) atoms. The second-order valence-corrected chi connectivity index (χ2v) is 5.72. The van der Waals surface area contributed by atoms with Crippen molar-refractivity contribution in [3.63, 3.8) is 0 Å². The molecule has 0 aliphatic heterocycles. The number of nitrogens with two attached hydrogens (primary N) is 1. The van der Waals surface area contributed by atoms with E-state index in [9.17, 15) is 0 Å². The number of aryl methyl sites for hydroxylation is 1. The Morgan fingerprint density at radius 1 is 1.27 bits per heavy atom. The molecule has 0 unspecified atom stereocenters. The van der Waals surface area contributed by atoms with Crippen LogP contribution in [-0.2, 0) is 6.54 Å². The predicted molar refractivity (Wildman–Crippen MR) is 88.1 cm³/mol. The molecule has 0 aliphatic carbocycles. The van der Waals surface area contributed by atoms with Crippen molar-refractivity contribution in [3.05, 3.63) is 52.5 Å². The van der Waals surface area contributed by atoms with E-state index in [2.05, 4.69) is 36.2 Å². The molecule has 3 rings (SSSR count). The summed E-state index contributed by atoms with van der Waals surface area (Å²) in [5.41, 5.74) is 8.43. The van der Waals surface area contributed by atoms with E-state index < -0.39 is 0 Å².